The third kappa shape index (κ3) is 4.82. The highest BCUT2D eigenvalue weighted by molar-refractivity contribution is 6.03. The fraction of sp³-hybridized carbons (Fsp3) is 0.321. The molecule has 0 saturated carbocycles. The van der Waals surface area contributed by atoms with Crippen LogP contribution in [-0.4, -0.2) is 25.0 Å². The molecule has 2 aromatic carbocycles. The van der Waals surface area contributed by atoms with Crippen LogP contribution in [-0.2, 0) is 19.1 Å². The molecule has 9 heteroatoms. The van der Waals surface area contributed by atoms with Crippen LogP contribution in [0.25, 0.3) is 17.1 Å². The third-order valence-corrected chi connectivity index (χ3v) is 6.60. The van der Waals surface area contributed by atoms with E-state index in [2.05, 4.69) is 24.9 Å². The van der Waals surface area contributed by atoms with Crippen LogP contribution in [0.3, 0.4) is 0 Å². The highest BCUT2D eigenvalue weighted by Gasteiger charge is 2.35. The van der Waals surface area contributed by atoms with Gasteiger partial charge in [-0.25, -0.2) is 14.1 Å². The first-order valence-corrected chi connectivity index (χ1v) is 12.4. The van der Waals surface area contributed by atoms with E-state index in [0.717, 1.165) is 48.1 Å². The van der Waals surface area contributed by atoms with E-state index in [0.29, 0.717) is 11.6 Å². The molecule has 0 unspecified atom stereocenters. The van der Waals surface area contributed by atoms with Crippen molar-refractivity contribution in [1.29, 1.82) is 0 Å². The molecule has 4 aromatic rings. The molecule has 0 spiro atoms. The number of hydrogen-bond acceptors (Lipinski definition) is 3. The fourth-order valence-electron chi connectivity index (χ4n) is 4.74. The number of halogens is 4. The summed E-state index contributed by atoms with van der Waals surface area (Å²) >= 11 is 0. The molecular weight excluding hydrogens is 482 g/mol. The Bertz CT molecular complexity index is 1480. The maximum Gasteiger partial charge on any atom is 0.434 e. The first kappa shape index (κ1) is 24.9. The lowest BCUT2D eigenvalue weighted by Crippen LogP contribution is -2.10. The second kappa shape index (κ2) is 9.61. The normalized spacial score (nSPS) is 15.0. The van der Waals surface area contributed by atoms with Crippen molar-refractivity contribution in [3.05, 3.63) is 83.2 Å². The predicted molar refractivity (Wildman–Crippen MR) is 135 cm³/mol. The van der Waals surface area contributed by atoms with Gasteiger partial charge in [0.1, 0.15) is 11.6 Å². The van der Waals surface area contributed by atoms with Crippen LogP contribution >= 0.6 is 0 Å². The zero-order valence-corrected chi connectivity index (χ0v) is 20.8. The molecule has 5 rings (SSSR count). The van der Waals surface area contributed by atoms with Crippen LogP contribution in [0.15, 0.2) is 59.9 Å². The van der Waals surface area contributed by atoms with Crippen LogP contribution in [0.4, 0.5) is 23.2 Å². The predicted octanol–water partition coefficient (Wildman–Crippen LogP) is 7.49. The lowest BCUT2D eigenvalue weighted by atomic mass is 9.96. The summed E-state index contributed by atoms with van der Waals surface area (Å²) < 4.78 is 57.8. The molecule has 0 N–H and O–H groups in total. The van der Waals surface area contributed by atoms with Crippen molar-refractivity contribution in [2.45, 2.75) is 58.7 Å². The summed E-state index contributed by atoms with van der Waals surface area (Å²) in [5.41, 5.74) is 4.27. The molecule has 192 valence electrons. The number of benzene rings is 2. The molecule has 2 heterocycles. The van der Waals surface area contributed by atoms with Gasteiger partial charge in [-0.15, -0.1) is 0 Å². The summed E-state index contributed by atoms with van der Waals surface area (Å²) in [6.45, 7) is 6.20. The average Bonchev–Trinajstić information content (AvgIpc) is 3.49. The van der Waals surface area contributed by atoms with Crippen molar-refractivity contribution in [2.24, 2.45) is 4.99 Å². The topological polar surface area (TPSA) is 48.0 Å². The summed E-state index contributed by atoms with van der Waals surface area (Å²) in [6, 6.07) is 12.4. The average molecular weight is 510 g/mol. The molecular formula is C28H27F4N5. The van der Waals surface area contributed by atoms with E-state index in [4.69, 9.17) is 10.1 Å². The van der Waals surface area contributed by atoms with Gasteiger partial charge < -0.3 is 4.57 Å². The number of nitrogens with zero attached hydrogens (tertiary/aromatic N) is 5. The minimum absolute atomic E-state index is 0.00347. The SMILES string of the molecule is CCn1cc(C(F)(F)F)nc1-c1ccc(N=C2CCCc3nn(-c4ccccc4C(C)C)cc32)cc1F. The smallest absolute Gasteiger partial charge is 0.331 e. The fourth-order valence-corrected chi connectivity index (χ4v) is 4.74. The van der Waals surface area contributed by atoms with Gasteiger partial charge in [-0.2, -0.15) is 18.3 Å². The molecule has 37 heavy (non-hydrogen) atoms. The Labute approximate surface area is 212 Å². The molecule has 0 saturated heterocycles. The van der Waals surface area contributed by atoms with Crippen molar-refractivity contribution >= 4 is 11.4 Å². The van der Waals surface area contributed by atoms with Crippen LogP contribution in [0, 0.1) is 5.82 Å². The molecule has 1 aliphatic rings. The van der Waals surface area contributed by atoms with Crippen LogP contribution in [0.5, 0.6) is 0 Å². The van der Waals surface area contributed by atoms with E-state index in [1.807, 2.05) is 29.1 Å². The van der Waals surface area contributed by atoms with Gasteiger partial charge in [-0.1, -0.05) is 32.0 Å². The van der Waals surface area contributed by atoms with Gasteiger partial charge in [-0.05, 0) is 55.9 Å². The third-order valence-electron chi connectivity index (χ3n) is 6.60. The number of para-hydroxylation sites is 1. The van der Waals surface area contributed by atoms with Gasteiger partial charge >= 0.3 is 6.18 Å². The summed E-state index contributed by atoms with van der Waals surface area (Å²) in [5, 5.41) is 4.83. The van der Waals surface area contributed by atoms with Crippen molar-refractivity contribution in [3.8, 4) is 17.1 Å². The largest absolute Gasteiger partial charge is 0.434 e. The van der Waals surface area contributed by atoms with Crippen LogP contribution < -0.4 is 0 Å². The number of fused-ring (bicyclic) bond motifs is 1. The lowest BCUT2D eigenvalue weighted by Gasteiger charge is -2.12. The molecule has 0 amide bonds. The number of aliphatic imine (C=N–C) groups is 1. The number of aryl methyl sites for hydroxylation is 2. The molecule has 0 radical (unpaired) electrons. The van der Waals surface area contributed by atoms with Crippen molar-refractivity contribution in [1.82, 2.24) is 19.3 Å². The second-order valence-corrected chi connectivity index (χ2v) is 9.46. The summed E-state index contributed by atoms with van der Waals surface area (Å²) in [6.07, 6.45) is 0.722. The Morgan fingerprint density at radius 2 is 1.81 bits per heavy atom. The van der Waals surface area contributed by atoms with Gasteiger partial charge in [0.05, 0.1) is 28.3 Å². The first-order valence-electron chi connectivity index (χ1n) is 12.4. The maximum absolute atomic E-state index is 15.1. The number of hydrogen-bond donors (Lipinski definition) is 0. The van der Waals surface area contributed by atoms with E-state index in [-0.39, 0.29) is 17.9 Å². The highest BCUT2D eigenvalue weighted by Crippen LogP contribution is 2.33. The van der Waals surface area contributed by atoms with Gasteiger partial charge in [0.2, 0.25) is 0 Å². The van der Waals surface area contributed by atoms with Gasteiger partial charge in [0.15, 0.2) is 5.69 Å². The van der Waals surface area contributed by atoms with E-state index in [1.54, 1.807) is 13.0 Å². The van der Waals surface area contributed by atoms with Crippen molar-refractivity contribution in [3.63, 3.8) is 0 Å². The molecule has 5 nitrogen and oxygen atoms in total. The Balaban J connectivity index is 1.50. The van der Waals surface area contributed by atoms with Crippen molar-refractivity contribution < 1.29 is 17.6 Å². The van der Waals surface area contributed by atoms with Crippen molar-refractivity contribution in [2.75, 3.05) is 0 Å². The quantitative estimate of drug-likeness (QED) is 0.262. The molecule has 0 atom stereocenters. The number of rotatable bonds is 5. The maximum atomic E-state index is 15.1. The Morgan fingerprint density at radius 3 is 2.51 bits per heavy atom. The second-order valence-electron chi connectivity index (χ2n) is 9.46. The number of aromatic nitrogens is 4. The standard InChI is InChI=1S/C28H27F4N5/c1-4-36-16-26(28(30,31)32)34-27(36)20-13-12-18(14-22(20)29)33-23-9-7-10-24-21(23)15-37(35-24)25-11-6-5-8-19(25)17(2)3/h5-6,8,11-17H,4,7,9-10H2,1-3H3. The zero-order valence-electron chi connectivity index (χ0n) is 20.8. The van der Waals surface area contributed by atoms with E-state index < -0.39 is 17.7 Å². The van der Waals surface area contributed by atoms with Gasteiger partial charge in [-0.3, -0.25) is 4.99 Å². The number of alkyl halides is 3. The number of imidazole rings is 1. The van der Waals surface area contributed by atoms with Gasteiger partial charge in [0, 0.05) is 30.6 Å². The lowest BCUT2D eigenvalue weighted by molar-refractivity contribution is -0.140. The first-order chi connectivity index (χ1) is 17.7. The summed E-state index contributed by atoms with van der Waals surface area (Å²) in [4.78, 5) is 8.38. The highest BCUT2D eigenvalue weighted by atomic mass is 19.4. The van der Waals surface area contributed by atoms with E-state index >= 15 is 4.39 Å². The molecule has 0 fully saturated rings. The van der Waals surface area contributed by atoms with E-state index in [9.17, 15) is 13.2 Å². The minimum atomic E-state index is -4.60. The van der Waals surface area contributed by atoms with Crippen LogP contribution in [0.2, 0.25) is 0 Å². The van der Waals surface area contributed by atoms with Gasteiger partial charge in [0.25, 0.3) is 0 Å². The molecule has 1 aliphatic carbocycles. The Hall–Kier alpha value is -3.75. The summed E-state index contributed by atoms with van der Waals surface area (Å²) in [7, 11) is 0. The Kier molecular flexibility index (Phi) is 6.47. The Morgan fingerprint density at radius 1 is 1.03 bits per heavy atom. The molecule has 0 bridgehead atoms. The molecule has 2 aromatic heterocycles. The monoisotopic (exact) mass is 509 g/mol. The summed E-state index contributed by atoms with van der Waals surface area (Å²) in [5.74, 6) is -0.396. The van der Waals surface area contributed by atoms with E-state index in [1.165, 1.54) is 22.3 Å². The van der Waals surface area contributed by atoms with Crippen LogP contribution in [0.1, 0.15) is 62.0 Å². The minimum Gasteiger partial charge on any atom is -0.331 e. The molecule has 0 aliphatic heterocycles. The zero-order chi connectivity index (χ0) is 26.3.